The normalized spacial score (nSPS) is 17.5. The predicted molar refractivity (Wildman–Crippen MR) is 112 cm³/mol. The van der Waals surface area contributed by atoms with Crippen molar-refractivity contribution in [1.82, 2.24) is 15.5 Å². The number of nitrogens with one attached hydrogen (secondary N) is 3. The second-order valence-corrected chi connectivity index (χ2v) is 7.75. The number of anilines is 1. The topological polar surface area (TPSA) is 134 Å². The molecule has 35 heavy (non-hydrogen) atoms. The molecule has 1 atom stereocenters. The standard InChI is InChI=1S/C22H17F3N4O6/c23-22(24,25)35-14-5-3-13(4-6-14)26-21(34)28-18(31)11-1-2-12-10-29(20(33)15(12)9-11)16-7-8-17(30)27-19(16)32/h1-6,9,16H,7-8,10H2,(H,27,30,32)(H2,26,28,31,34). The molecule has 0 saturated carbocycles. The van der Waals surface area contributed by atoms with Gasteiger partial charge in [0.25, 0.3) is 11.8 Å². The molecule has 1 saturated heterocycles. The Balaban J connectivity index is 1.38. The van der Waals surface area contributed by atoms with Crippen molar-refractivity contribution in [2.45, 2.75) is 31.8 Å². The van der Waals surface area contributed by atoms with Crippen molar-refractivity contribution in [3.8, 4) is 5.75 Å². The van der Waals surface area contributed by atoms with E-state index >= 15 is 0 Å². The molecule has 3 N–H and O–H groups in total. The maximum Gasteiger partial charge on any atom is 0.573 e. The van der Waals surface area contributed by atoms with Crippen molar-refractivity contribution in [2.75, 3.05) is 5.32 Å². The second-order valence-electron chi connectivity index (χ2n) is 7.75. The van der Waals surface area contributed by atoms with E-state index in [1.165, 1.54) is 23.1 Å². The predicted octanol–water partition coefficient (Wildman–Crippen LogP) is 2.31. The minimum Gasteiger partial charge on any atom is -0.406 e. The second kappa shape index (κ2) is 9.08. The SMILES string of the molecule is O=C1CCC(N2Cc3ccc(C(=O)NC(=O)Nc4ccc(OC(F)(F)F)cc4)cc3C2=O)C(=O)N1. The summed E-state index contributed by atoms with van der Waals surface area (Å²) in [5, 5.41) is 6.56. The third-order valence-corrected chi connectivity index (χ3v) is 5.36. The van der Waals surface area contributed by atoms with Gasteiger partial charge >= 0.3 is 12.4 Å². The summed E-state index contributed by atoms with van der Waals surface area (Å²) in [5.74, 6) is -2.74. The van der Waals surface area contributed by atoms with E-state index in [0.717, 1.165) is 24.3 Å². The van der Waals surface area contributed by atoms with Crippen LogP contribution >= 0.6 is 0 Å². The molecule has 0 aliphatic carbocycles. The first-order valence-electron chi connectivity index (χ1n) is 10.3. The molecule has 2 aromatic rings. The van der Waals surface area contributed by atoms with Crippen LogP contribution < -0.4 is 20.7 Å². The maximum atomic E-state index is 12.8. The molecule has 0 spiro atoms. The van der Waals surface area contributed by atoms with Crippen molar-refractivity contribution in [3.63, 3.8) is 0 Å². The number of hydrogen-bond acceptors (Lipinski definition) is 6. The molecule has 4 rings (SSSR count). The molecule has 2 aliphatic heterocycles. The van der Waals surface area contributed by atoms with Gasteiger partial charge in [0.2, 0.25) is 11.8 Å². The van der Waals surface area contributed by atoms with Crippen molar-refractivity contribution in [1.29, 1.82) is 0 Å². The van der Waals surface area contributed by atoms with Crippen molar-refractivity contribution >= 4 is 35.3 Å². The molecular weight excluding hydrogens is 473 g/mol. The number of imide groups is 2. The Morgan fingerprint density at radius 1 is 1.06 bits per heavy atom. The number of nitrogens with zero attached hydrogens (tertiary/aromatic N) is 1. The zero-order chi connectivity index (χ0) is 25.3. The lowest BCUT2D eigenvalue weighted by Crippen LogP contribution is -2.52. The first-order chi connectivity index (χ1) is 16.5. The fourth-order valence-corrected chi connectivity index (χ4v) is 3.77. The summed E-state index contributed by atoms with van der Waals surface area (Å²) in [7, 11) is 0. The molecule has 6 amide bonds. The Labute approximate surface area is 195 Å². The third-order valence-electron chi connectivity index (χ3n) is 5.36. The summed E-state index contributed by atoms with van der Waals surface area (Å²) in [6, 6.07) is 6.79. The van der Waals surface area contributed by atoms with Crippen LogP contribution in [-0.4, -0.2) is 47.0 Å². The van der Waals surface area contributed by atoms with Crippen molar-refractivity contribution in [2.24, 2.45) is 0 Å². The Hall–Kier alpha value is -4.42. The molecule has 13 heteroatoms. The number of carbonyl (C=O) groups excluding carboxylic acids is 5. The van der Waals surface area contributed by atoms with E-state index in [1.54, 1.807) is 0 Å². The number of hydrogen-bond donors (Lipinski definition) is 3. The van der Waals surface area contributed by atoms with E-state index in [2.05, 4.69) is 20.7 Å². The van der Waals surface area contributed by atoms with Gasteiger partial charge in [0.05, 0.1) is 0 Å². The van der Waals surface area contributed by atoms with E-state index in [1.807, 2.05) is 0 Å². The highest BCUT2D eigenvalue weighted by molar-refractivity contribution is 6.10. The van der Waals surface area contributed by atoms with E-state index in [0.29, 0.717) is 5.56 Å². The van der Waals surface area contributed by atoms with Gasteiger partial charge < -0.3 is 15.0 Å². The summed E-state index contributed by atoms with van der Waals surface area (Å²) in [6.45, 7) is 0.136. The van der Waals surface area contributed by atoms with E-state index in [4.69, 9.17) is 0 Å². The molecular formula is C22H17F3N4O6. The number of amides is 6. The van der Waals surface area contributed by atoms with Crippen molar-refractivity contribution < 1.29 is 41.9 Å². The molecule has 10 nitrogen and oxygen atoms in total. The summed E-state index contributed by atoms with van der Waals surface area (Å²) < 4.78 is 40.4. The Kier molecular flexibility index (Phi) is 6.16. The van der Waals surface area contributed by atoms with Crippen LogP contribution in [0.3, 0.4) is 0 Å². The number of halogens is 3. The van der Waals surface area contributed by atoms with Gasteiger partial charge in [0.1, 0.15) is 11.8 Å². The van der Waals surface area contributed by atoms with Gasteiger partial charge in [-0.15, -0.1) is 13.2 Å². The van der Waals surface area contributed by atoms with Gasteiger partial charge in [-0.1, -0.05) is 6.07 Å². The first-order valence-corrected chi connectivity index (χ1v) is 10.3. The van der Waals surface area contributed by atoms with Crippen LogP contribution in [-0.2, 0) is 16.1 Å². The molecule has 0 aromatic heterocycles. The van der Waals surface area contributed by atoms with Gasteiger partial charge in [-0.25, -0.2) is 4.79 Å². The Bertz CT molecular complexity index is 1230. The summed E-state index contributed by atoms with van der Waals surface area (Å²) in [5.41, 5.74) is 0.894. The molecule has 1 unspecified atom stereocenters. The van der Waals surface area contributed by atoms with Gasteiger partial charge in [-0.3, -0.25) is 29.8 Å². The molecule has 2 aromatic carbocycles. The average molecular weight is 490 g/mol. The van der Waals surface area contributed by atoms with Crippen LogP contribution in [0.2, 0.25) is 0 Å². The van der Waals surface area contributed by atoms with Crippen LogP contribution in [0, 0.1) is 0 Å². The maximum absolute atomic E-state index is 12.8. The number of fused-ring (bicyclic) bond motifs is 1. The van der Waals surface area contributed by atoms with Crippen LogP contribution in [0.25, 0.3) is 0 Å². The monoisotopic (exact) mass is 490 g/mol. The lowest BCUT2D eigenvalue weighted by molar-refractivity contribution is -0.274. The molecule has 182 valence electrons. The van der Waals surface area contributed by atoms with Gasteiger partial charge in [-0.2, -0.15) is 0 Å². The fraction of sp³-hybridized carbons (Fsp3) is 0.227. The quantitative estimate of drug-likeness (QED) is 0.564. The van der Waals surface area contributed by atoms with Crippen LogP contribution in [0.5, 0.6) is 5.75 Å². The number of carbonyl (C=O) groups is 5. The number of piperidine rings is 1. The highest BCUT2D eigenvalue weighted by Gasteiger charge is 2.39. The van der Waals surface area contributed by atoms with Crippen molar-refractivity contribution in [3.05, 3.63) is 59.2 Å². The van der Waals surface area contributed by atoms with E-state index in [-0.39, 0.29) is 36.2 Å². The highest BCUT2D eigenvalue weighted by Crippen LogP contribution is 2.28. The van der Waals surface area contributed by atoms with Crippen LogP contribution in [0.15, 0.2) is 42.5 Å². The Morgan fingerprint density at radius 3 is 2.43 bits per heavy atom. The average Bonchev–Trinajstić information content (AvgIpc) is 3.09. The van der Waals surface area contributed by atoms with Crippen LogP contribution in [0.4, 0.5) is 23.7 Å². The zero-order valence-electron chi connectivity index (χ0n) is 17.8. The Morgan fingerprint density at radius 2 is 1.77 bits per heavy atom. The molecule has 2 aliphatic rings. The fourth-order valence-electron chi connectivity index (χ4n) is 3.77. The minimum absolute atomic E-state index is 0.00583. The molecule has 0 bridgehead atoms. The lowest BCUT2D eigenvalue weighted by Gasteiger charge is -2.29. The minimum atomic E-state index is -4.85. The number of rotatable bonds is 4. The molecule has 2 heterocycles. The van der Waals surface area contributed by atoms with Gasteiger partial charge in [-0.05, 0) is 48.4 Å². The largest absolute Gasteiger partial charge is 0.573 e. The number of benzene rings is 2. The van der Waals surface area contributed by atoms with E-state index in [9.17, 15) is 37.1 Å². The first kappa shape index (κ1) is 23.7. The lowest BCUT2D eigenvalue weighted by atomic mass is 10.0. The zero-order valence-corrected chi connectivity index (χ0v) is 17.8. The summed E-state index contributed by atoms with van der Waals surface area (Å²) in [6.07, 6.45) is -4.55. The number of urea groups is 1. The summed E-state index contributed by atoms with van der Waals surface area (Å²) in [4.78, 5) is 62.3. The smallest absolute Gasteiger partial charge is 0.406 e. The van der Waals surface area contributed by atoms with Gasteiger partial charge in [0.15, 0.2) is 0 Å². The molecule has 0 radical (unpaired) electrons. The van der Waals surface area contributed by atoms with Crippen LogP contribution in [0.1, 0.15) is 39.1 Å². The highest BCUT2D eigenvalue weighted by atomic mass is 19.4. The van der Waals surface area contributed by atoms with Gasteiger partial charge in [0, 0.05) is 29.8 Å². The molecule has 1 fully saturated rings. The number of alkyl halides is 3. The van der Waals surface area contributed by atoms with E-state index < -0.39 is 47.8 Å². The summed E-state index contributed by atoms with van der Waals surface area (Å²) >= 11 is 0. The third kappa shape index (κ3) is 5.39. The number of ether oxygens (including phenoxy) is 1.